The number of hydrogen-bond donors (Lipinski definition) is 2. The lowest BCUT2D eigenvalue weighted by Gasteiger charge is -2.22. The fourth-order valence-corrected chi connectivity index (χ4v) is 2.29. The van der Waals surface area contributed by atoms with Crippen LogP contribution >= 0.6 is 0 Å². The summed E-state index contributed by atoms with van der Waals surface area (Å²) in [5.74, 6) is 0.226. The standard InChI is InChI=1S/C12H21NO2/c1-11(2,10(14)15)7-13-8-12(5-6-12)9-3-4-9/h9,13H,3-8H2,1-2H3,(H,14,15). The summed E-state index contributed by atoms with van der Waals surface area (Å²) in [6, 6.07) is 0. The van der Waals surface area contributed by atoms with Crippen LogP contribution in [-0.4, -0.2) is 24.2 Å². The number of rotatable bonds is 6. The van der Waals surface area contributed by atoms with Gasteiger partial charge in [0.15, 0.2) is 0 Å². The summed E-state index contributed by atoms with van der Waals surface area (Å²) in [6.45, 7) is 5.16. The average Bonchev–Trinajstić information content (AvgIpc) is 2.99. The Balaban J connectivity index is 1.73. The van der Waals surface area contributed by atoms with Gasteiger partial charge in [0.25, 0.3) is 0 Å². The first kappa shape index (κ1) is 10.9. The van der Waals surface area contributed by atoms with Crippen LogP contribution in [0.3, 0.4) is 0 Å². The van der Waals surface area contributed by atoms with Crippen molar-refractivity contribution in [1.82, 2.24) is 5.32 Å². The van der Waals surface area contributed by atoms with Crippen LogP contribution in [0, 0.1) is 16.7 Å². The van der Waals surface area contributed by atoms with E-state index in [1.54, 1.807) is 13.8 Å². The molecule has 2 rings (SSSR count). The van der Waals surface area contributed by atoms with Crippen LogP contribution < -0.4 is 5.32 Å². The summed E-state index contributed by atoms with van der Waals surface area (Å²) < 4.78 is 0. The van der Waals surface area contributed by atoms with Crippen LogP contribution in [0.25, 0.3) is 0 Å². The molecule has 0 unspecified atom stereocenters. The average molecular weight is 211 g/mol. The largest absolute Gasteiger partial charge is 0.481 e. The number of carboxylic acid groups (broad SMARTS) is 1. The second kappa shape index (κ2) is 3.48. The molecular weight excluding hydrogens is 190 g/mol. The van der Waals surface area contributed by atoms with Crippen LogP contribution in [0.1, 0.15) is 39.5 Å². The molecule has 0 radical (unpaired) electrons. The molecule has 86 valence electrons. The lowest BCUT2D eigenvalue weighted by atomic mass is 9.93. The normalized spacial score (nSPS) is 23.9. The third kappa shape index (κ3) is 2.33. The number of carbonyl (C=O) groups is 1. The van der Waals surface area contributed by atoms with E-state index in [0.29, 0.717) is 12.0 Å². The van der Waals surface area contributed by atoms with E-state index in [1.807, 2.05) is 0 Å². The maximum absolute atomic E-state index is 10.9. The van der Waals surface area contributed by atoms with E-state index in [-0.39, 0.29) is 0 Å². The van der Waals surface area contributed by atoms with E-state index in [9.17, 15) is 4.79 Å². The molecule has 2 saturated carbocycles. The quantitative estimate of drug-likeness (QED) is 0.705. The minimum absolute atomic E-state index is 0.564. The topological polar surface area (TPSA) is 49.3 Å². The van der Waals surface area contributed by atoms with Crippen molar-refractivity contribution in [3.05, 3.63) is 0 Å². The Morgan fingerprint density at radius 3 is 2.47 bits per heavy atom. The summed E-state index contributed by atoms with van der Waals surface area (Å²) in [5.41, 5.74) is -0.0752. The van der Waals surface area contributed by atoms with Crippen molar-refractivity contribution in [3.63, 3.8) is 0 Å². The maximum Gasteiger partial charge on any atom is 0.310 e. The molecule has 2 aliphatic carbocycles. The predicted octanol–water partition coefficient (Wildman–Crippen LogP) is 1.88. The van der Waals surface area contributed by atoms with Gasteiger partial charge in [0.2, 0.25) is 0 Å². The Labute approximate surface area is 91.2 Å². The molecular formula is C12H21NO2. The van der Waals surface area contributed by atoms with Gasteiger partial charge in [-0.15, -0.1) is 0 Å². The molecule has 3 nitrogen and oxygen atoms in total. The van der Waals surface area contributed by atoms with Gasteiger partial charge in [-0.05, 0) is 50.9 Å². The second-order valence-electron chi connectivity index (χ2n) is 5.93. The van der Waals surface area contributed by atoms with E-state index in [0.717, 1.165) is 12.5 Å². The Morgan fingerprint density at radius 1 is 1.47 bits per heavy atom. The molecule has 15 heavy (non-hydrogen) atoms. The minimum atomic E-state index is -0.716. The number of hydrogen-bond acceptors (Lipinski definition) is 2. The molecule has 0 bridgehead atoms. The fraction of sp³-hybridized carbons (Fsp3) is 0.917. The van der Waals surface area contributed by atoms with Gasteiger partial charge >= 0.3 is 5.97 Å². The Kier molecular flexibility index (Phi) is 2.53. The van der Waals surface area contributed by atoms with Crippen LogP contribution in [0.2, 0.25) is 0 Å². The lowest BCUT2D eigenvalue weighted by molar-refractivity contribution is -0.146. The Morgan fingerprint density at radius 2 is 2.07 bits per heavy atom. The molecule has 0 aromatic rings. The van der Waals surface area contributed by atoms with Crippen LogP contribution in [0.5, 0.6) is 0 Å². The number of carboxylic acids is 1. The highest BCUT2D eigenvalue weighted by Gasteiger charge is 2.53. The van der Waals surface area contributed by atoms with Crippen molar-refractivity contribution < 1.29 is 9.90 Å². The van der Waals surface area contributed by atoms with Gasteiger partial charge in [-0.3, -0.25) is 4.79 Å². The zero-order valence-electron chi connectivity index (χ0n) is 9.68. The van der Waals surface area contributed by atoms with Gasteiger partial charge in [0.1, 0.15) is 0 Å². The molecule has 0 saturated heterocycles. The molecule has 2 aliphatic rings. The molecule has 0 aromatic heterocycles. The van der Waals surface area contributed by atoms with E-state index < -0.39 is 11.4 Å². The van der Waals surface area contributed by atoms with Gasteiger partial charge < -0.3 is 10.4 Å². The smallest absolute Gasteiger partial charge is 0.310 e. The first-order valence-corrected chi connectivity index (χ1v) is 5.90. The van der Waals surface area contributed by atoms with Crippen molar-refractivity contribution in [1.29, 1.82) is 0 Å². The second-order valence-corrected chi connectivity index (χ2v) is 5.93. The van der Waals surface area contributed by atoms with Crippen molar-refractivity contribution >= 4 is 5.97 Å². The molecule has 0 heterocycles. The molecule has 2 fully saturated rings. The summed E-state index contributed by atoms with van der Waals surface area (Å²) in [5, 5.41) is 12.3. The molecule has 0 aromatic carbocycles. The van der Waals surface area contributed by atoms with Gasteiger partial charge in [0.05, 0.1) is 5.41 Å². The SMILES string of the molecule is CC(C)(CNCC1(C2CC2)CC1)C(=O)O. The number of aliphatic carboxylic acids is 1. The first-order valence-electron chi connectivity index (χ1n) is 5.90. The van der Waals surface area contributed by atoms with E-state index in [2.05, 4.69) is 5.32 Å². The van der Waals surface area contributed by atoms with Gasteiger partial charge in [-0.2, -0.15) is 0 Å². The molecule has 0 spiro atoms. The van der Waals surface area contributed by atoms with Crippen molar-refractivity contribution in [2.45, 2.75) is 39.5 Å². The molecule has 2 N–H and O–H groups in total. The summed E-state index contributed by atoms with van der Waals surface area (Å²) in [7, 11) is 0. The van der Waals surface area contributed by atoms with E-state index in [1.165, 1.54) is 25.7 Å². The monoisotopic (exact) mass is 211 g/mol. The Bertz CT molecular complexity index is 265. The van der Waals surface area contributed by atoms with Gasteiger partial charge in [0, 0.05) is 13.1 Å². The van der Waals surface area contributed by atoms with Crippen LogP contribution in [0.4, 0.5) is 0 Å². The summed E-state index contributed by atoms with van der Waals surface area (Å²) in [6.07, 6.45) is 5.48. The van der Waals surface area contributed by atoms with E-state index >= 15 is 0 Å². The minimum Gasteiger partial charge on any atom is -0.481 e. The first-order chi connectivity index (χ1) is 6.96. The highest BCUT2D eigenvalue weighted by molar-refractivity contribution is 5.73. The fourth-order valence-electron chi connectivity index (χ4n) is 2.29. The maximum atomic E-state index is 10.9. The van der Waals surface area contributed by atoms with Crippen LogP contribution in [-0.2, 0) is 4.79 Å². The number of nitrogens with one attached hydrogen (secondary N) is 1. The van der Waals surface area contributed by atoms with E-state index in [4.69, 9.17) is 5.11 Å². The van der Waals surface area contributed by atoms with Gasteiger partial charge in [-0.25, -0.2) is 0 Å². The zero-order chi connectivity index (χ0) is 11.1. The highest BCUT2D eigenvalue weighted by atomic mass is 16.4. The van der Waals surface area contributed by atoms with Crippen LogP contribution in [0.15, 0.2) is 0 Å². The Hall–Kier alpha value is -0.570. The molecule has 0 amide bonds. The predicted molar refractivity (Wildman–Crippen MR) is 58.7 cm³/mol. The third-order valence-corrected chi connectivity index (χ3v) is 3.96. The molecule has 0 aliphatic heterocycles. The molecule has 3 heteroatoms. The lowest BCUT2D eigenvalue weighted by Crippen LogP contribution is -2.38. The third-order valence-electron chi connectivity index (χ3n) is 3.96. The van der Waals surface area contributed by atoms with Crippen molar-refractivity contribution in [3.8, 4) is 0 Å². The molecule has 0 atom stereocenters. The van der Waals surface area contributed by atoms with Crippen molar-refractivity contribution in [2.75, 3.05) is 13.1 Å². The summed E-state index contributed by atoms with van der Waals surface area (Å²) in [4.78, 5) is 10.9. The van der Waals surface area contributed by atoms with Crippen molar-refractivity contribution in [2.24, 2.45) is 16.7 Å². The summed E-state index contributed by atoms with van der Waals surface area (Å²) >= 11 is 0. The van der Waals surface area contributed by atoms with Gasteiger partial charge in [-0.1, -0.05) is 0 Å². The highest BCUT2D eigenvalue weighted by Crippen LogP contribution is 2.60. The zero-order valence-corrected chi connectivity index (χ0v) is 9.68.